The van der Waals surface area contributed by atoms with Gasteiger partial charge in [-0.25, -0.2) is 13.1 Å². The number of amides is 1. The fraction of sp³-hybridized carbons (Fsp3) is 0.316. The van der Waals surface area contributed by atoms with Crippen LogP contribution in [0.2, 0.25) is 5.02 Å². The molecule has 0 saturated heterocycles. The van der Waals surface area contributed by atoms with Crippen molar-refractivity contribution in [2.75, 3.05) is 13.1 Å². The first kappa shape index (κ1) is 20.4. The Bertz CT molecular complexity index is 853. The van der Waals surface area contributed by atoms with E-state index in [4.69, 9.17) is 11.6 Å². The molecule has 0 fully saturated rings. The summed E-state index contributed by atoms with van der Waals surface area (Å²) in [6.07, 6.45) is 2.39. The lowest BCUT2D eigenvalue weighted by Gasteiger charge is -2.09. The molecule has 5 nitrogen and oxygen atoms in total. The molecule has 2 aromatic rings. The number of hydrogen-bond donors (Lipinski definition) is 2. The normalized spacial score (nSPS) is 11.3. The largest absolute Gasteiger partial charge is 0.352 e. The summed E-state index contributed by atoms with van der Waals surface area (Å²) in [4.78, 5) is 12.2. The van der Waals surface area contributed by atoms with Crippen LogP contribution in [0.1, 0.15) is 35.7 Å². The van der Waals surface area contributed by atoms with E-state index in [0.29, 0.717) is 23.6 Å². The van der Waals surface area contributed by atoms with Crippen molar-refractivity contribution < 1.29 is 13.2 Å². The number of hydrogen-bond acceptors (Lipinski definition) is 3. The van der Waals surface area contributed by atoms with E-state index in [9.17, 15) is 13.2 Å². The van der Waals surface area contributed by atoms with Crippen molar-refractivity contribution in [1.29, 1.82) is 0 Å². The summed E-state index contributed by atoms with van der Waals surface area (Å²) in [5, 5.41) is 3.40. The van der Waals surface area contributed by atoms with Crippen LogP contribution in [-0.4, -0.2) is 27.4 Å². The number of nitrogens with one attached hydrogen (secondary N) is 2. The van der Waals surface area contributed by atoms with Gasteiger partial charge in [0.15, 0.2) is 0 Å². The smallest absolute Gasteiger partial charge is 0.251 e. The van der Waals surface area contributed by atoms with Crippen molar-refractivity contribution in [1.82, 2.24) is 10.0 Å². The van der Waals surface area contributed by atoms with Crippen LogP contribution in [-0.2, 0) is 16.4 Å². The highest BCUT2D eigenvalue weighted by Crippen LogP contribution is 2.13. The highest BCUT2D eigenvalue weighted by Gasteiger charge is 2.15. The molecule has 0 aliphatic rings. The van der Waals surface area contributed by atoms with Gasteiger partial charge in [-0.2, -0.15) is 0 Å². The van der Waals surface area contributed by atoms with Gasteiger partial charge in [-0.15, -0.1) is 0 Å². The van der Waals surface area contributed by atoms with Gasteiger partial charge in [-0.3, -0.25) is 4.79 Å². The predicted octanol–water partition coefficient (Wildman–Crippen LogP) is 3.39. The maximum Gasteiger partial charge on any atom is 0.251 e. The second-order valence-electron chi connectivity index (χ2n) is 5.91. The van der Waals surface area contributed by atoms with Crippen LogP contribution in [0.15, 0.2) is 53.4 Å². The second-order valence-corrected chi connectivity index (χ2v) is 8.12. The maximum absolute atomic E-state index is 12.5. The third kappa shape index (κ3) is 6.12. The SMILES string of the molecule is CCCCNC(=O)c1cccc(S(=O)(=O)NCCc2cccc(Cl)c2)c1. The molecule has 0 atom stereocenters. The zero-order chi connectivity index (χ0) is 19.0. The van der Waals surface area contributed by atoms with Gasteiger partial charge in [-0.05, 0) is 48.7 Å². The first-order chi connectivity index (χ1) is 12.4. The third-order valence-electron chi connectivity index (χ3n) is 3.82. The highest BCUT2D eigenvalue weighted by atomic mass is 35.5. The molecule has 0 spiro atoms. The van der Waals surface area contributed by atoms with Gasteiger partial charge in [0.05, 0.1) is 4.90 Å². The summed E-state index contributed by atoms with van der Waals surface area (Å²) in [5.41, 5.74) is 1.28. The van der Waals surface area contributed by atoms with E-state index in [1.54, 1.807) is 24.3 Å². The van der Waals surface area contributed by atoms with Crippen molar-refractivity contribution in [2.45, 2.75) is 31.1 Å². The topological polar surface area (TPSA) is 75.3 Å². The number of benzene rings is 2. The molecule has 140 valence electrons. The minimum atomic E-state index is -3.68. The number of carbonyl (C=O) groups excluding carboxylic acids is 1. The van der Waals surface area contributed by atoms with Crippen molar-refractivity contribution in [3.8, 4) is 0 Å². The Kier molecular flexibility index (Phi) is 7.63. The monoisotopic (exact) mass is 394 g/mol. The number of carbonyl (C=O) groups is 1. The van der Waals surface area contributed by atoms with Crippen LogP contribution in [0.3, 0.4) is 0 Å². The standard InChI is InChI=1S/C19H23ClN2O3S/c1-2-3-11-21-19(23)16-7-5-9-18(14-16)26(24,25)22-12-10-15-6-4-8-17(20)13-15/h4-9,13-14,22H,2-3,10-12H2,1H3,(H,21,23). The lowest BCUT2D eigenvalue weighted by atomic mass is 10.2. The molecular formula is C19H23ClN2O3S. The van der Waals surface area contributed by atoms with Gasteiger partial charge in [0.1, 0.15) is 0 Å². The van der Waals surface area contributed by atoms with Gasteiger partial charge >= 0.3 is 0 Å². The Morgan fingerprint density at radius 2 is 1.85 bits per heavy atom. The molecule has 0 aliphatic heterocycles. The first-order valence-corrected chi connectivity index (χ1v) is 10.4. The Morgan fingerprint density at radius 3 is 2.58 bits per heavy atom. The van der Waals surface area contributed by atoms with Gasteiger partial charge < -0.3 is 5.32 Å². The van der Waals surface area contributed by atoms with Gasteiger partial charge in [0.2, 0.25) is 10.0 Å². The van der Waals surface area contributed by atoms with E-state index in [0.717, 1.165) is 18.4 Å². The summed E-state index contributed by atoms with van der Waals surface area (Å²) in [6.45, 7) is 2.86. The Balaban J connectivity index is 1.99. The molecule has 0 aromatic heterocycles. The molecule has 0 heterocycles. The van der Waals surface area contributed by atoms with Gasteiger partial charge in [0, 0.05) is 23.7 Å². The van der Waals surface area contributed by atoms with Crippen LogP contribution < -0.4 is 10.0 Å². The van der Waals surface area contributed by atoms with Crippen LogP contribution in [0, 0.1) is 0 Å². The van der Waals surface area contributed by atoms with E-state index < -0.39 is 10.0 Å². The molecule has 2 rings (SSSR count). The van der Waals surface area contributed by atoms with Crippen LogP contribution >= 0.6 is 11.6 Å². The summed E-state index contributed by atoms with van der Waals surface area (Å²) in [7, 11) is -3.68. The average Bonchev–Trinajstić information content (AvgIpc) is 2.62. The maximum atomic E-state index is 12.5. The Labute approximate surface area is 159 Å². The van der Waals surface area contributed by atoms with Crippen molar-refractivity contribution >= 4 is 27.5 Å². The zero-order valence-electron chi connectivity index (χ0n) is 14.7. The minimum Gasteiger partial charge on any atom is -0.352 e. The summed E-state index contributed by atoms with van der Waals surface area (Å²) in [6, 6.07) is 13.3. The molecule has 26 heavy (non-hydrogen) atoms. The quantitative estimate of drug-likeness (QED) is 0.640. The number of unbranched alkanes of at least 4 members (excludes halogenated alkanes) is 1. The van der Waals surface area contributed by atoms with E-state index in [1.165, 1.54) is 12.1 Å². The molecule has 2 aromatic carbocycles. The molecule has 0 unspecified atom stereocenters. The number of rotatable bonds is 9. The van der Waals surface area contributed by atoms with E-state index in [2.05, 4.69) is 10.0 Å². The highest BCUT2D eigenvalue weighted by molar-refractivity contribution is 7.89. The molecule has 7 heteroatoms. The van der Waals surface area contributed by atoms with Gasteiger partial charge in [0.25, 0.3) is 5.91 Å². The fourth-order valence-corrected chi connectivity index (χ4v) is 3.68. The number of halogens is 1. The van der Waals surface area contributed by atoms with Crippen LogP contribution in [0.25, 0.3) is 0 Å². The molecule has 0 radical (unpaired) electrons. The summed E-state index contributed by atoms with van der Waals surface area (Å²) >= 11 is 5.93. The van der Waals surface area contributed by atoms with E-state index >= 15 is 0 Å². The van der Waals surface area contributed by atoms with Crippen LogP contribution in [0.5, 0.6) is 0 Å². The zero-order valence-corrected chi connectivity index (χ0v) is 16.2. The van der Waals surface area contributed by atoms with Crippen molar-refractivity contribution in [3.05, 3.63) is 64.7 Å². The lowest BCUT2D eigenvalue weighted by Crippen LogP contribution is -2.27. The minimum absolute atomic E-state index is 0.0757. The van der Waals surface area contributed by atoms with E-state index in [1.807, 2.05) is 19.1 Å². The number of sulfonamides is 1. The molecule has 1 amide bonds. The summed E-state index contributed by atoms with van der Waals surface area (Å²) < 4.78 is 27.5. The van der Waals surface area contributed by atoms with Crippen molar-refractivity contribution in [2.24, 2.45) is 0 Å². The predicted molar refractivity (Wildman–Crippen MR) is 104 cm³/mol. The second kappa shape index (κ2) is 9.71. The Hall–Kier alpha value is -1.89. The molecular weight excluding hydrogens is 372 g/mol. The van der Waals surface area contributed by atoms with Gasteiger partial charge in [-0.1, -0.05) is 43.1 Å². The van der Waals surface area contributed by atoms with E-state index in [-0.39, 0.29) is 17.3 Å². The molecule has 0 aliphatic carbocycles. The molecule has 2 N–H and O–H groups in total. The molecule has 0 saturated carbocycles. The first-order valence-electron chi connectivity index (χ1n) is 8.55. The van der Waals surface area contributed by atoms with Crippen LogP contribution in [0.4, 0.5) is 0 Å². The van der Waals surface area contributed by atoms with Crippen molar-refractivity contribution in [3.63, 3.8) is 0 Å². The summed E-state index contributed by atoms with van der Waals surface area (Å²) in [5.74, 6) is -0.269. The average molecular weight is 395 g/mol. The Morgan fingerprint density at radius 1 is 1.08 bits per heavy atom. The fourth-order valence-electron chi connectivity index (χ4n) is 2.39. The third-order valence-corrected chi connectivity index (χ3v) is 5.51. The molecule has 0 bridgehead atoms. The lowest BCUT2D eigenvalue weighted by molar-refractivity contribution is 0.0953.